The minimum atomic E-state index is -0.514. The van der Waals surface area contributed by atoms with Crippen LogP contribution in [0.2, 0.25) is 0 Å². The van der Waals surface area contributed by atoms with Crippen molar-refractivity contribution in [1.29, 1.82) is 0 Å². The normalized spacial score (nSPS) is 18.9. The van der Waals surface area contributed by atoms with Crippen molar-refractivity contribution in [3.63, 3.8) is 0 Å². The Bertz CT molecular complexity index is 532. The zero-order chi connectivity index (χ0) is 14.8. The Kier molecular flexibility index (Phi) is 4.63. The SMILES string of the molecule is CC(C)(C)OC(=O)N=CC1CCCc2c(Br)cccc21. The lowest BCUT2D eigenvalue weighted by Crippen LogP contribution is -2.22. The van der Waals surface area contributed by atoms with E-state index in [0.717, 1.165) is 23.7 Å². The number of carbonyl (C=O) groups is 1. The summed E-state index contributed by atoms with van der Waals surface area (Å²) in [5, 5.41) is 0. The van der Waals surface area contributed by atoms with E-state index in [2.05, 4.69) is 33.1 Å². The van der Waals surface area contributed by atoms with Gasteiger partial charge in [-0.1, -0.05) is 28.1 Å². The Morgan fingerprint density at radius 3 is 2.90 bits per heavy atom. The molecule has 0 radical (unpaired) electrons. The van der Waals surface area contributed by atoms with Crippen LogP contribution in [0.4, 0.5) is 4.79 Å². The fourth-order valence-electron chi connectivity index (χ4n) is 2.43. The molecule has 1 aliphatic carbocycles. The average molecular weight is 338 g/mol. The number of hydrogen-bond donors (Lipinski definition) is 0. The third-order valence-corrected chi connectivity index (χ3v) is 3.99. The second-order valence-corrected chi connectivity index (χ2v) is 6.92. The minimum absolute atomic E-state index is 0.198. The number of carbonyl (C=O) groups excluding carboxylic acids is 1. The minimum Gasteiger partial charge on any atom is -0.442 e. The first-order valence-corrected chi connectivity index (χ1v) is 7.70. The standard InChI is InChI=1S/C16H20BrNO2/c1-16(2,3)20-15(19)18-10-11-6-4-8-13-12(11)7-5-9-14(13)17/h5,7,9-11H,4,6,8H2,1-3H3. The molecule has 0 aromatic heterocycles. The van der Waals surface area contributed by atoms with E-state index in [9.17, 15) is 4.79 Å². The maximum absolute atomic E-state index is 11.7. The molecule has 4 heteroatoms. The molecule has 1 unspecified atom stereocenters. The molecule has 0 spiro atoms. The third-order valence-electron chi connectivity index (χ3n) is 3.25. The summed E-state index contributed by atoms with van der Waals surface area (Å²) >= 11 is 3.59. The number of nitrogens with zero attached hydrogens (tertiary/aromatic N) is 1. The molecule has 0 N–H and O–H groups in total. The van der Waals surface area contributed by atoms with Gasteiger partial charge in [0.1, 0.15) is 5.60 Å². The number of hydrogen-bond acceptors (Lipinski definition) is 2. The van der Waals surface area contributed by atoms with Gasteiger partial charge in [-0.05, 0) is 57.2 Å². The lowest BCUT2D eigenvalue weighted by atomic mass is 9.83. The number of aliphatic imine (C=N–C) groups is 1. The molecule has 2 rings (SSSR count). The van der Waals surface area contributed by atoms with Crippen molar-refractivity contribution in [2.75, 3.05) is 0 Å². The lowest BCUT2D eigenvalue weighted by molar-refractivity contribution is 0.0604. The Labute approximate surface area is 128 Å². The molecule has 108 valence electrons. The van der Waals surface area contributed by atoms with Crippen molar-refractivity contribution in [1.82, 2.24) is 0 Å². The number of rotatable bonds is 1. The first-order valence-electron chi connectivity index (χ1n) is 6.91. The second kappa shape index (κ2) is 6.08. The van der Waals surface area contributed by atoms with Crippen LogP contribution in [0.5, 0.6) is 0 Å². The van der Waals surface area contributed by atoms with Gasteiger partial charge in [-0.25, -0.2) is 4.79 Å². The number of benzene rings is 1. The van der Waals surface area contributed by atoms with Gasteiger partial charge in [-0.2, -0.15) is 4.99 Å². The molecular weight excluding hydrogens is 318 g/mol. The molecule has 0 fully saturated rings. The predicted molar refractivity (Wildman–Crippen MR) is 84.5 cm³/mol. The molecule has 0 saturated carbocycles. The quantitative estimate of drug-likeness (QED) is 0.685. The number of amides is 1. The molecule has 0 heterocycles. The van der Waals surface area contributed by atoms with Crippen molar-refractivity contribution < 1.29 is 9.53 Å². The first kappa shape index (κ1) is 15.2. The molecule has 1 aromatic carbocycles. The van der Waals surface area contributed by atoms with E-state index < -0.39 is 11.7 Å². The highest BCUT2D eigenvalue weighted by Gasteiger charge is 2.21. The van der Waals surface area contributed by atoms with Gasteiger partial charge in [0.25, 0.3) is 0 Å². The van der Waals surface area contributed by atoms with Gasteiger partial charge < -0.3 is 4.74 Å². The molecule has 20 heavy (non-hydrogen) atoms. The Morgan fingerprint density at radius 2 is 2.20 bits per heavy atom. The van der Waals surface area contributed by atoms with Gasteiger partial charge in [-0.3, -0.25) is 0 Å². The number of ether oxygens (including phenoxy) is 1. The number of fused-ring (bicyclic) bond motifs is 1. The summed E-state index contributed by atoms with van der Waals surface area (Å²) in [5.41, 5.74) is 2.10. The van der Waals surface area contributed by atoms with Crippen LogP contribution in [0, 0.1) is 0 Å². The molecule has 1 atom stereocenters. The molecular formula is C16H20BrNO2. The highest BCUT2D eigenvalue weighted by Crippen LogP contribution is 2.34. The second-order valence-electron chi connectivity index (χ2n) is 6.06. The summed E-state index contributed by atoms with van der Waals surface area (Å²) in [7, 11) is 0. The van der Waals surface area contributed by atoms with Gasteiger partial charge in [-0.15, -0.1) is 0 Å². The van der Waals surface area contributed by atoms with Crippen LogP contribution in [0.25, 0.3) is 0 Å². The van der Waals surface area contributed by atoms with Gasteiger partial charge in [0.2, 0.25) is 0 Å². The van der Waals surface area contributed by atoms with Crippen LogP contribution >= 0.6 is 15.9 Å². The van der Waals surface area contributed by atoms with E-state index in [1.54, 1.807) is 6.21 Å². The van der Waals surface area contributed by atoms with Crippen LogP contribution in [-0.4, -0.2) is 17.9 Å². The van der Waals surface area contributed by atoms with E-state index in [-0.39, 0.29) is 5.92 Å². The number of halogens is 1. The van der Waals surface area contributed by atoms with Crippen LogP contribution in [-0.2, 0) is 11.2 Å². The summed E-state index contributed by atoms with van der Waals surface area (Å²) in [6.45, 7) is 5.52. The van der Waals surface area contributed by atoms with Crippen molar-refractivity contribution in [3.05, 3.63) is 33.8 Å². The van der Waals surface area contributed by atoms with E-state index in [1.165, 1.54) is 11.1 Å². The van der Waals surface area contributed by atoms with Gasteiger partial charge in [0.15, 0.2) is 0 Å². The molecule has 0 aliphatic heterocycles. The summed E-state index contributed by atoms with van der Waals surface area (Å²) in [4.78, 5) is 15.6. The zero-order valence-electron chi connectivity index (χ0n) is 12.1. The fourth-order valence-corrected chi connectivity index (χ4v) is 3.01. The van der Waals surface area contributed by atoms with Crippen LogP contribution in [0.1, 0.15) is 50.7 Å². The molecule has 0 saturated heterocycles. The predicted octanol–water partition coefficient (Wildman–Crippen LogP) is 4.87. The highest BCUT2D eigenvalue weighted by atomic mass is 79.9. The maximum atomic E-state index is 11.7. The van der Waals surface area contributed by atoms with Gasteiger partial charge in [0, 0.05) is 16.6 Å². The van der Waals surface area contributed by atoms with E-state index >= 15 is 0 Å². The van der Waals surface area contributed by atoms with Crippen molar-refractivity contribution in [3.8, 4) is 0 Å². The van der Waals surface area contributed by atoms with Crippen molar-refractivity contribution in [2.45, 2.75) is 51.6 Å². The van der Waals surface area contributed by atoms with Crippen LogP contribution in [0.15, 0.2) is 27.7 Å². The summed E-state index contributed by atoms with van der Waals surface area (Å²) in [6, 6.07) is 6.21. The Hall–Kier alpha value is -1.16. The van der Waals surface area contributed by atoms with E-state index in [4.69, 9.17) is 4.74 Å². The van der Waals surface area contributed by atoms with E-state index in [0.29, 0.717) is 0 Å². The zero-order valence-corrected chi connectivity index (χ0v) is 13.7. The molecule has 1 aromatic rings. The monoisotopic (exact) mass is 337 g/mol. The molecule has 1 aliphatic rings. The molecule has 3 nitrogen and oxygen atoms in total. The molecule has 1 amide bonds. The summed E-state index contributed by atoms with van der Waals surface area (Å²) in [6.07, 6.45) is 4.43. The summed E-state index contributed by atoms with van der Waals surface area (Å²) in [5.74, 6) is 0.198. The Morgan fingerprint density at radius 1 is 1.45 bits per heavy atom. The largest absolute Gasteiger partial charge is 0.442 e. The van der Waals surface area contributed by atoms with Crippen molar-refractivity contribution in [2.24, 2.45) is 4.99 Å². The Balaban J connectivity index is 2.13. The lowest BCUT2D eigenvalue weighted by Gasteiger charge is -2.23. The van der Waals surface area contributed by atoms with Gasteiger partial charge >= 0.3 is 6.09 Å². The maximum Gasteiger partial charge on any atom is 0.433 e. The molecule has 0 bridgehead atoms. The highest BCUT2D eigenvalue weighted by molar-refractivity contribution is 9.10. The van der Waals surface area contributed by atoms with Crippen molar-refractivity contribution >= 4 is 28.2 Å². The summed E-state index contributed by atoms with van der Waals surface area (Å²) < 4.78 is 6.34. The van der Waals surface area contributed by atoms with Crippen LogP contribution < -0.4 is 0 Å². The first-order chi connectivity index (χ1) is 9.37. The third kappa shape index (κ3) is 3.92. The topological polar surface area (TPSA) is 38.7 Å². The van der Waals surface area contributed by atoms with Crippen LogP contribution in [0.3, 0.4) is 0 Å². The smallest absolute Gasteiger partial charge is 0.433 e. The van der Waals surface area contributed by atoms with Gasteiger partial charge in [0.05, 0.1) is 0 Å². The fraction of sp³-hybridized carbons (Fsp3) is 0.500. The average Bonchev–Trinajstić information content (AvgIpc) is 2.35. The van der Waals surface area contributed by atoms with E-state index in [1.807, 2.05) is 26.8 Å².